The number of ether oxygens (including phenoxy) is 3. The number of methoxy groups -OCH3 is 1. The molecule has 38 heavy (non-hydrogen) atoms. The van der Waals surface area contributed by atoms with Gasteiger partial charge in [0.15, 0.2) is 17.3 Å². The van der Waals surface area contributed by atoms with E-state index in [1.165, 1.54) is 0 Å². The van der Waals surface area contributed by atoms with E-state index >= 15 is 0 Å². The predicted molar refractivity (Wildman–Crippen MR) is 154 cm³/mol. The van der Waals surface area contributed by atoms with Crippen LogP contribution in [0.1, 0.15) is 46.8 Å². The van der Waals surface area contributed by atoms with Gasteiger partial charge in [0.2, 0.25) is 0 Å². The van der Waals surface area contributed by atoms with E-state index in [2.05, 4.69) is 27.9 Å². The van der Waals surface area contributed by atoms with Crippen LogP contribution in [0.2, 0.25) is 5.02 Å². The van der Waals surface area contributed by atoms with Crippen molar-refractivity contribution in [3.05, 3.63) is 108 Å². The molecule has 0 fully saturated rings. The molecular weight excluding hydrogens is 617 g/mol. The summed E-state index contributed by atoms with van der Waals surface area (Å²) in [6, 6.07) is 18.7. The van der Waals surface area contributed by atoms with E-state index in [0.717, 1.165) is 20.3 Å². The third-order valence-electron chi connectivity index (χ3n) is 6.66. The fraction of sp³-hybridized carbons (Fsp3) is 0.200. The number of fused-ring (bicyclic) bond motifs is 2. The summed E-state index contributed by atoms with van der Waals surface area (Å²) in [5, 5.41) is 3.94. The van der Waals surface area contributed by atoms with Crippen molar-refractivity contribution in [2.75, 3.05) is 13.7 Å². The number of allylic oxidation sites excluding steroid dienone is 2. The Balaban J connectivity index is 1.61. The maximum atomic E-state index is 13.7. The number of carbonyl (C=O) groups excluding carboxylic acids is 2. The Kier molecular flexibility index (Phi) is 7.49. The molecule has 1 aliphatic carbocycles. The first-order chi connectivity index (χ1) is 18.3. The first-order valence-corrected chi connectivity index (χ1v) is 13.6. The number of dihydropyridines is 1. The van der Waals surface area contributed by atoms with Crippen molar-refractivity contribution in [2.24, 2.45) is 0 Å². The Hall–Kier alpha value is -3.30. The molecule has 2 aliphatic rings. The van der Waals surface area contributed by atoms with Gasteiger partial charge >= 0.3 is 5.97 Å². The minimum absolute atomic E-state index is 0.115. The Morgan fingerprint density at radius 1 is 1.08 bits per heavy atom. The van der Waals surface area contributed by atoms with Gasteiger partial charge in [-0.2, -0.15) is 0 Å². The number of ketones is 1. The number of esters is 1. The van der Waals surface area contributed by atoms with E-state index in [9.17, 15) is 9.59 Å². The lowest BCUT2D eigenvalue weighted by molar-refractivity contribution is -0.138. The average molecular weight is 642 g/mol. The molecule has 1 heterocycles. The van der Waals surface area contributed by atoms with Crippen LogP contribution >= 0.6 is 34.2 Å². The lowest BCUT2D eigenvalue weighted by atomic mass is 9.79. The lowest BCUT2D eigenvalue weighted by Crippen LogP contribution is -2.29. The first kappa shape index (κ1) is 26.3. The summed E-state index contributed by atoms with van der Waals surface area (Å²) in [5.41, 5.74) is 5.28. The third-order valence-corrected chi connectivity index (χ3v) is 7.83. The van der Waals surface area contributed by atoms with Gasteiger partial charge < -0.3 is 19.5 Å². The number of Topliss-reactive ketones (excluding diaryl/α,β-unsaturated/α-hetero) is 1. The van der Waals surface area contributed by atoms with Crippen LogP contribution in [-0.4, -0.2) is 25.5 Å². The molecule has 8 heteroatoms. The zero-order valence-corrected chi connectivity index (χ0v) is 24.0. The molecule has 194 valence electrons. The molecule has 0 bridgehead atoms. The quantitative estimate of drug-likeness (QED) is 0.230. The van der Waals surface area contributed by atoms with Crippen molar-refractivity contribution in [3.63, 3.8) is 0 Å². The van der Waals surface area contributed by atoms with Crippen LogP contribution in [0.3, 0.4) is 0 Å². The van der Waals surface area contributed by atoms with Gasteiger partial charge in [0.05, 0.1) is 28.6 Å². The normalized spacial score (nSPS) is 16.1. The lowest BCUT2D eigenvalue weighted by Gasteiger charge is -2.30. The SMILES string of the molecule is CCOC(=O)C1=C(C)NC2=C(C(=O)c3ccccc32)[C@@H]1c1cc(I)c(OCc2ccccc2Cl)c(OC)c1. The van der Waals surface area contributed by atoms with Gasteiger partial charge in [-0.1, -0.05) is 54.1 Å². The highest BCUT2D eigenvalue weighted by molar-refractivity contribution is 14.1. The van der Waals surface area contributed by atoms with Crippen molar-refractivity contribution < 1.29 is 23.8 Å². The van der Waals surface area contributed by atoms with Gasteiger partial charge in [-0.05, 0) is 60.2 Å². The monoisotopic (exact) mass is 641 g/mol. The van der Waals surface area contributed by atoms with Crippen molar-refractivity contribution in [3.8, 4) is 11.5 Å². The molecule has 0 aromatic heterocycles. The van der Waals surface area contributed by atoms with Crippen LogP contribution in [0.25, 0.3) is 5.70 Å². The second-order valence-corrected chi connectivity index (χ2v) is 10.5. The minimum Gasteiger partial charge on any atom is -0.493 e. The Bertz CT molecular complexity index is 1530. The van der Waals surface area contributed by atoms with E-state index in [1.54, 1.807) is 14.0 Å². The van der Waals surface area contributed by atoms with Gasteiger partial charge in [0, 0.05) is 38.9 Å². The number of benzene rings is 3. The van der Waals surface area contributed by atoms with Crippen LogP contribution in [0.4, 0.5) is 0 Å². The van der Waals surface area contributed by atoms with Gasteiger partial charge in [-0.3, -0.25) is 4.79 Å². The second kappa shape index (κ2) is 10.8. The predicted octanol–water partition coefficient (Wildman–Crippen LogP) is 6.66. The summed E-state index contributed by atoms with van der Waals surface area (Å²) < 4.78 is 18.1. The molecule has 3 aromatic rings. The molecule has 0 radical (unpaired) electrons. The van der Waals surface area contributed by atoms with E-state index in [-0.39, 0.29) is 19.0 Å². The number of hydrogen-bond acceptors (Lipinski definition) is 6. The highest BCUT2D eigenvalue weighted by Crippen LogP contribution is 2.48. The van der Waals surface area contributed by atoms with Crippen LogP contribution in [-0.2, 0) is 16.1 Å². The summed E-state index contributed by atoms with van der Waals surface area (Å²) in [5.74, 6) is -0.186. The fourth-order valence-electron chi connectivity index (χ4n) is 4.95. The van der Waals surface area contributed by atoms with Crippen molar-refractivity contribution in [1.82, 2.24) is 5.32 Å². The molecule has 1 N–H and O–H groups in total. The summed E-state index contributed by atoms with van der Waals surface area (Å²) in [4.78, 5) is 26.9. The molecule has 1 aliphatic heterocycles. The molecule has 3 aromatic carbocycles. The molecular formula is C30H25ClINO5. The maximum absolute atomic E-state index is 13.7. The largest absolute Gasteiger partial charge is 0.493 e. The van der Waals surface area contributed by atoms with Crippen LogP contribution in [0.15, 0.2) is 77.5 Å². The molecule has 0 spiro atoms. The number of halogens is 2. The first-order valence-electron chi connectivity index (χ1n) is 12.1. The van der Waals surface area contributed by atoms with E-state index in [1.807, 2.05) is 67.6 Å². The van der Waals surface area contributed by atoms with Gasteiger partial charge in [0.1, 0.15) is 6.61 Å². The van der Waals surface area contributed by atoms with E-state index in [4.69, 9.17) is 25.8 Å². The van der Waals surface area contributed by atoms with Crippen molar-refractivity contribution in [2.45, 2.75) is 26.4 Å². The number of carbonyl (C=O) groups is 2. The van der Waals surface area contributed by atoms with E-state index < -0.39 is 11.9 Å². The van der Waals surface area contributed by atoms with Crippen molar-refractivity contribution in [1.29, 1.82) is 0 Å². The molecule has 0 amide bonds. The van der Waals surface area contributed by atoms with Gasteiger partial charge in [-0.25, -0.2) is 4.79 Å². The maximum Gasteiger partial charge on any atom is 0.336 e. The minimum atomic E-state index is -0.648. The highest BCUT2D eigenvalue weighted by atomic mass is 127. The standard InChI is InChI=1S/C30H25ClINO5/c1-4-37-30(35)24-16(2)33-27-19-10-6-7-11-20(19)28(34)26(27)25(24)18-13-22(32)29(23(14-18)36-3)38-15-17-9-5-8-12-21(17)31/h5-14,25,33H,4,15H2,1-3H3/t25-/m1/s1. The fourth-order valence-corrected chi connectivity index (χ4v) is 5.92. The molecule has 5 rings (SSSR count). The van der Waals surface area contributed by atoms with Gasteiger partial charge in [-0.15, -0.1) is 0 Å². The number of rotatable bonds is 7. The number of hydrogen-bond donors (Lipinski definition) is 1. The zero-order valence-electron chi connectivity index (χ0n) is 21.1. The summed E-state index contributed by atoms with van der Waals surface area (Å²) in [7, 11) is 1.56. The zero-order chi connectivity index (χ0) is 27.0. The Labute approximate surface area is 239 Å². The molecule has 1 atom stereocenters. The Morgan fingerprint density at radius 2 is 1.79 bits per heavy atom. The topological polar surface area (TPSA) is 73.9 Å². The summed E-state index contributed by atoms with van der Waals surface area (Å²) in [6.07, 6.45) is 0. The van der Waals surface area contributed by atoms with E-state index in [0.29, 0.717) is 44.6 Å². The second-order valence-electron chi connectivity index (χ2n) is 8.89. The van der Waals surface area contributed by atoms with Crippen molar-refractivity contribution >= 4 is 51.6 Å². The van der Waals surface area contributed by atoms with Crippen LogP contribution in [0, 0.1) is 3.57 Å². The molecule has 0 saturated carbocycles. The molecule has 0 unspecified atom stereocenters. The van der Waals surface area contributed by atoms with Crippen LogP contribution < -0.4 is 14.8 Å². The third kappa shape index (κ3) is 4.58. The van der Waals surface area contributed by atoms with Crippen LogP contribution in [0.5, 0.6) is 11.5 Å². The summed E-state index contributed by atoms with van der Waals surface area (Å²) >= 11 is 8.50. The highest BCUT2D eigenvalue weighted by Gasteiger charge is 2.43. The molecule has 6 nitrogen and oxygen atoms in total. The smallest absolute Gasteiger partial charge is 0.336 e. The Morgan fingerprint density at radius 3 is 2.50 bits per heavy atom. The average Bonchev–Trinajstić information content (AvgIpc) is 3.19. The number of nitrogens with one attached hydrogen (secondary N) is 1. The van der Waals surface area contributed by atoms with Gasteiger partial charge in [0.25, 0.3) is 0 Å². The summed E-state index contributed by atoms with van der Waals surface area (Å²) in [6.45, 7) is 4.07. The molecule has 0 saturated heterocycles.